The molecule has 0 radical (unpaired) electrons. The summed E-state index contributed by atoms with van der Waals surface area (Å²) in [6, 6.07) is 0. The van der Waals surface area contributed by atoms with Gasteiger partial charge in [0.05, 0.1) is 0 Å². The third kappa shape index (κ3) is 8.62. The summed E-state index contributed by atoms with van der Waals surface area (Å²) in [7, 11) is 0. The quantitative estimate of drug-likeness (QED) is 0.386. The van der Waals surface area contributed by atoms with Gasteiger partial charge in [-0.05, 0) is 11.8 Å². The monoisotopic (exact) mass is 204 g/mol. The molecule has 0 heterocycles. The zero-order chi connectivity index (χ0) is 10.2. The molecule has 0 fully saturated rings. The summed E-state index contributed by atoms with van der Waals surface area (Å²) in [5, 5.41) is 0. The molecule has 0 bridgehead atoms. The molecular formula is C12H25Cl. The molecule has 1 heteroatoms. The van der Waals surface area contributed by atoms with Gasteiger partial charge in [-0.3, -0.25) is 0 Å². The lowest BCUT2D eigenvalue weighted by Crippen LogP contribution is -2.12. The van der Waals surface area contributed by atoms with Crippen molar-refractivity contribution in [3.8, 4) is 0 Å². The topological polar surface area (TPSA) is 0 Å². The van der Waals surface area contributed by atoms with Gasteiger partial charge in [-0.2, -0.15) is 0 Å². The Morgan fingerprint density at radius 2 is 1.46 bits per heavy atom. The van der Waals surface area contributed by atoms with Gasteiger partial charge in [0, 0.05) is 5.88 Å². The van der Waals surface area contributed by atoms with Crippen LogP contribution >= 0.6 is 11.6 Å². The van der Waals surface area contributed by atoms with Crippen molar-refractivity contribution in [2.24, 2.45) is 5.41 Å². The van der Waals surface area contributed by atoms with E-state index in [0.717, 1.165) is 5.88 Å². The van der Waals surface area contributed by atoms with Gasteiger partial charge in [-0.25, -0.2) is 0 Å². The predicted molar refractivity (Wildman–Crippen MR) is 62.5 cm³/mol. The van der Waals surface area contributed by atoms with E-state index < -0.39 is 0 Å². The Hall–Kier alpha value is 0.290. The lowest BCUT2D eigenvalue weighted by Gasteiger charge is -2.20. The first kappa shape index (κ1) is 13.3. The van der Waals surface area contributed by atoms with Gasteiger partial charge in [0.15, 0.2) is 0 Å². The van der Waals surface area contributed by atoms with Crippen molar-refractivity contribution in [2.75, 3.05) is 5.88 Å². The van der Waals surface area contributed by atoms with E-state index in [1.807, 2.05) is 0 Å². The van der Waals surface area contributed by atoms with Crippen LogP contribution in [0.15, 0.2) is 0 Å². The van der Waals surface area contributed by atoms with E-state index in [1.165, 1.54) is 44.9 Å². The molecule has 0 aromatic carbocycles. The average Bonchev–Trinajstić information content (AvgIpc) is 2.11. The maximum absolute atomic E-state index is 5.86. The Labute approximate surface area is 89.1 Å². The molecule has 0 aliphatic rings. The summed E-state index contributed by atoms with van der Waals surface area (Å²) in [4.78, 5) is 0. The first-order valence-corrected chi connectivity index (χ1v) is 6.22. The second-order valence-corrected chi connectivity index (χ2v) is 5.08. The van der Waals surface area contributed by atoms with Crippen molar-refractivity contribution in [2.45, 2.75) is 65.7 Å². The van der Waals surface area contributed by atoms with Gasteiger partial charge in [0.1, 0.15) is 0 Å². The number of rotatable bonds is 8. The lowest BCUT2D eigenvalue weighted by atomic mass is 9.89. The third-order valence-electron chi connectivity index (χ3n) is 2.57. The van der Waals surface area contributed by atoms with Crippen LogP contribution in [0.3, 0.4) is 0 Å². The first-order chi connectivity index (χ1) is 6.12. The summed E-state index contributed by atoms with van der Waals surface area (Å²) >= 11 is 5.86. The van der Waals surface area contributed by atoms with Crippen molar-refractivity contribution in [3.63, 3.8) is 0 Å². The molecule has 0 aliphatic heterocycles. The molecule has 0 spiro atoms. The molecule has 80 valence electrons. The molecule has 0 N–H and O–H groups in total. The van der Waals surface area contributed by atoms with Gasteiger partial charge >= 0.3 is 0 Å². The predicted octanol–water partition coefficient (Wildman–Crippen LogP) is 5.00. The molecule has 0 amide bonds. The molecule has 0 rings (SSSR count). The van der Waals surface area contributed by atoms with Gasteiger partial charge in [-0.1, -0.05) is 59.3 Å². The van der Waals surface area contributed by atoms with Crippen LogP contribution in [0.1, 0.15) is 65.7 Å². The number of halogens is 1. The first-order valence-electron chi connectivity index (χ1n) is 5.68. The average molecular weight is 205 g/mol. The van der Waals surface area contributed by atoms with Crippen LogP contribution in [0.2, 0.25) is 0 Å². The molecule has 0 nitrogen and oxygen atoms in total. The molecule has 0 saturated carbocycles. The summed E-state index contributed by atoms with van der Waals surface area (Å²) in [6.45, 7) is 6.77. The maximum atomic E-state index is 5.86. The van der Waals surface area contributed by atoms with Crippen molar-refractivity contribution >= 4 is 11.6 Å². The molecule has 0 aromatic rings. The van der Waals surface area contributed by atoms with E-state index in [4.69, 9.17) is 11.6 Å². The Morgan fingerprint density at radius 3 is 2.00 bits per heavy atom. The minimum Gasteiger partial charge on any atom is -0.126 e. The molecule has 0 unspecified atom stereocenters. The number of alkyl halides is 1. The van der Waals surface area contributed by atoms with E-state index in [0.29, 0.717) is 5.41 Å². The van der Waals surface area contributed by atoms with E-state index in [2.05, 4.69) is 20.8 Å². The molecule has 0 atom stereocenters. The second kappa shape index (κ2) is 7.67. The van der Waals surface area contributed by atoms with Crippen LogP contribution in [-0.4, -0.2) is 5.88 Å². The van der Waals surface area contributed by atoms with Gasteiger partial charge in [0.25, 0.3) is 0 Å². The van der Waals surface area contributed by atoms with Crippen molar-refractivity contribution in [1.29, 1.82) is 0 Å². The number of hydrogen-bond acceptors (Lipinski definition) is 0. The highest BCUT2D eigenvalue weighted by Gasteiger charge is 2.14. The van der Waals surface area contributed by atoms with Crippen LogP contribution in [0.4, 0.5) is 0 Å². The fraction of sp³-hybridized carbons (Fsp3) is 1.00. The summed E-state index contributed by atoms with van der Waals surface area (Å²) in [6.07, 6.45) is 9.59. The molecule has 0 aliphatic carbocycles. The number of unbranched alkanes of at least 4 members (excludes halogenated alkanes) is 5. The van der Waals surface area contributed by atoms with E-state index in [1.54, 1.807) is 0 Å². The highest BCUT2D eigenvalue weighted by atomic mass is 35.5. The molecule has 0 aromatic heterocycles. The lowest BCUT2D eigenvalue weighted by molar-refractivity contribution is 0.362. The summed E-state index contributed by atoms with van der Waals surface area (Å²) in [5.74, 6) is 0.794. The van der Waals surface area contributed by atoms with Crippen LogP contribution in [0, 0.1) is 5.41 Å². The van der Waals surface area contributed by atoms with Crippen LogP contribution in [-0.2, 0) is 0 Å². The molecular weight excluding hydrogens is 180 g/mol. The normalized spacial score (nSPS) is 12.0. The van der Waals surface area contributed by atoms with Crippen molar-refractivity contribution in [1.82, 2.24) is 0 Å². The van der Waals surface area contributed by atoms with Crippen LogP contribution in [0.5, 0.6) is 0 Å². The summed E-state index contributed by atoms with van der Waals surface area (Å²) < 4.78 is 0. The zero-order valence-corrected chi connectivity index (χ0v) is 10.3. The second-order valence-electron chi connectivity index (χ2n) is 4.82. The molecule has 13 heavy (non-hydrogen) atoms. The smallest absolute Gasteiger partial charge is 0.0274 e. The van der Waals surface area contributed by atoms with Gasteiger partial charge < -0.3 is 0 Å². The maximum Gasteiger partial charge on any atom is 0.0274 e. The van der Waals surface area contributed by atoms with Crippen LogP contribution in [0.25, 0.3) is 0 Å². The Balaban J connectivity index is 3.16. The SMILES string of the molecule is CCCCCCCCC(C)(C)CCl. The fourth-order valence-electron chi connectivity index (χ4n) is 1.45. The van der Waals surface area contributed by atoms with E-state index in [-0.39, 0.29) is 0 Å². The van der Waals surface area contributed by atoms with E-state index in [9.17, 15) is 0 Å². The highest BCUT2D eigenvalue weighted by Crippen LogP contribution is 2.25. The minimum absolute atomic E-state index is 0.353. The fourth-order valence-corrected chi connectivity index (χ4v) is 1.58. The van der Waals surface area contributed by atoms with Crippen molar-refractivity contribution < 1.29 is 0 Å². The van der Waals surface area contributed by atoms with Crippen molar-refractivity contribution in [3.05, 3.63) is 0 Å². The molecule has 0 saturated heterocycles. The van der Waals surface area contributed by atoms with Gasteiger partial charge in [0.2, 0.25) is 0 Å². The van der Waals surface area contributed by atoms with Gasteiger partial charge in [-0.15, -0.1) is 11.6 Å². The Morgan fingerprint density at radius 1 is 0.923 bits per heavy atom. The largest absolute Gasteiger partial charge is 0.126 e. The highest BCUT2D eigenvalue weighted by molar-refractivity contribution is 6.18. The minimum atomic E-state index is 0.353. The Kier molecular flexibility index (Phi) is 7.84. The third-order valence-corrected chi connectivity index (χ3v) is 3.29. The van der Waals surface area contributed by atoms with E-state index >= 15 is 0 Å². The Bertz CT molecular complexity index is 108. The van der Waals surface area contributed by atoms with Crippen LogP contribution < -0.4 is 0 Å². The standard InChI is InChI=1S/C12H25Cl/c1-4-5-6-7-8-9-10-12(2,3)11-13/h4-11H2,1-3H3. The zero-order valence-electron chi connectivity index (χ0n) is 9.53. The summed E-state index contributed by atoms with van der Waals surface area (Å²) in [5.41, 5.74) is 0.353. The number of hydrogen-bond donors (Lipinski definition) is 0.